The summed E-state index contributed by atoms with van der Waals surface area (Å²) < 4.78 is 11.2. The van der Waals surface area contributed by atoms with Crippen LogP contribution < -0.4 is 14.8 Å². The van der Waals surface area contributed by atoms with Crippen LogP contribution >= 0.6 is 11.6 Å². The second-order valence-corrected chi connectivity index (χ2v) is 7.15. The summed E-state index contributed by atoms with van der Waals surface area (Å²) in [5.74, 6) is 0.926. The quantitative estimate of drug-likeness (QED) is 0.605. The van der Waals surface area contributed by atoms with E-state index in [1.807, 2.05) is 45.9 Å². The highest BCUT2D eigenvalue weighted by atomic mass is 35.5. The molecule has 0 fully saturated rings. The van der Waals surface area contributed by atoms with Crippen molar-refractivity contribution in [1.29, 1.82) is 0 Å². The molecule has 6 nitrogen and oxygen atoms in total. The Morgan fingerprint density at radius 1 is 0.931 bits per heavy atom. The minimum absolute atomic E-state index is 0.102. The molecule has 0 atom stereocenters. The summed E-state index contributed by atoms with van der Waals surface area (Å²) >= 11 is 6.15. The van der Waals surface area contributed by atoms with Gasteiger partial charge in [-0.1, -0.05) is 11.6 Å². The summed E-state index contributed by atoms with van der Waals surface area (Å²) in [6, 6.07) is 12.8. The fourth-order valence-electron chi connectivity index (χ4n) is 2.79. The zero-order chi connectivity index (χ0) is 21.0. The Morgan fingerprint density at radius 3 is 2.10 bits per heavy atom. The summed E-state index contributed by atoms with van der Waals surface area (Å²) in [7, 11) is 0. The molecule has 0 aliphatic carbocycles. The molecule has 0 aliphatic heterocycles. The highest BCUT2D eigenvalue weighted by molar-refractivity contribution is 6.32. The third kappa shape index (κ3) is 5.68. The number of ether oxygens (including phenoxy) is 2. The monoisotopic (exact) mass is 411 g/mol. The van der Waals surface area contributed by atoms with E-state index in [0.717, 1.165) is 22.5 Å². The van der Waals surface area contributed by atoms with E-state index in [-0.39, 0.29) is 12.5 Å². The molecule has 1 aromatic heterocycles. The van der Waals surface area contributed by atoms with Gasteiger partial charge < -0.3 is 14.8 Å². The first-order valence-corrected chi connectivity index (χ1v) is 9.47. The predicted molar refractivity (Wildman–Crippen MR) is 113 cm³/mol. The SMILES string of the molecule is Cc1cc(C)nc(Oc2ccc(NC(=O)COc3cc(C)c(Cl)c(C)c3)cc2)n1. The highest BCUT2D eigenvalue weighted by Gasteiger charge is 2.08. The first-order chi connectivity index (χ1) is 13.8. The van der Waals surface area contributed by atoms with Crippen LogP contribution in [0.5, 0.6) is 17.5 Å². The number of nitrogens with one attached hydrogen (secondary N) is 1. The van der Waals surface area contributed by atoms with Crippen molar-refractivity contribution in [2.24, 2.45) is 0 Å². The maximum absolute atomic E-state index is 12.2. The van der Waals surface area contributed by atoms with Crippen LogP contribution in [0.2, 0.25) is 5.02 Å². The number of benzene rings is 2. The summed E-state index contributed by atoms with van der Waals surface area (Å²) in [5.41, 5.74) is 4.12. The largest absolute Gasteiger partial charge is 0.484 e. The Morgan fingerprint density at radius 2 is 1.52 bits per heavy atom. The van der Waals surface area contributed by atoms with Gasteiger partial charge in [0.05, 0.1) is 0 Å². The Labute approximate surface area is 174 Å². The van der Waals surface area contributed by atoms with Gasteiger partial charge in [0.15, 0.2) is 6.61 Å². The van der Waals surface area contributed by atoms with Crippen molar-refractivity contribution < 1.29 is 14.3 Å². The van der Waals surface area contributed by atoms with E-state index in [1.165, 1.54) is 0 Å². The van der Waals surface area contributed by atoms with Gasteiger partial charge in [-0.15, -0.1) is 0 Å². The van der Waals surface area contributed by atoms with Gasteiger partial charge in [0, 0.05) is 22.1 Å². The van der Waals surface area contributed by atoms with Crippen molar-refractivity contribution in [3.8, 4) is 17.5 Å². The lowest BCUT2D eigenvalue weighted by molar-refractivity contribution is -0.118. The van der Waals surface area contributed by atoms with Crippen molar-refractivity contribution >= 4 is 23.2 Å². The standard InChI is InChI=1S/C22H22ClN3O3/c1-13-9-19(10-14(2)21(13)23)28-12-20(27)26-17-5-7-18(8-6-17)29-22-24-15(3)11-16(4)25-22/h5-11H,12H2,1-4H3,(H,26,27). The first-order valence-electron chi connectivity index (χ1n) is 9.10. The normalized spacial score (nSPS) is 10.5. The number of anilines is 1. The Hall–Kier alpha value is -3.12. The minimum atomic E-state index is -0.262. The molecule has 0 bridgehead atoms. The fourth-order valence-corrected chi connectivity index (χ4v) is 2.90. The first kappa shape index (κ1) is 20.6. The van der Waals surface area contributed by atoms with E-state index < -0.39 is 0 Å². The molecule has 1 amide bonds. The van der Waals surface area contributed by atoms with Crippen LogP contribution in [0.25, 0.3) is 0 Å². The van der Waals surface area contributed by atoms with Gasteiger partial charge in [0.2, 0.25) is 0 Å². The molecule has 0 saturated carbocycles. The average Bonchev–Trinajstić information content (AvgIpc) is 2.65. The van der Waals surface area contributed by atoms with E-state index in [1.54, 1.807) is 24.3 Å². The second kappa shape index (κ2) is 8.92. The van der Waals surface area contributed by atoms with Crippen molar-refractivity contribution in [3.05, 3.63) is 70.0 Å². The summed E-state index contributed by atoms with van der Waals surface area (Å²) in [6.45, 7) is 7.46. The topological polar surface area (TPSA) is 73.3 Å². The van der Waals surface area contributed by atoms with Gasteiger partial charge in [0.25, 0.3) is 5.91 Å². The Kier molecular flexibility index (Phi) is 6.34. The molecule has 7 heteroatoms. The molecule has 2 aromatic carbocycles. The van der Waals surface area contributed by atoms with Gasteiger partial charge in [0.1, 0.15) is 11.5 Å². The van der Waals surface area contributed by atoms with E-state index in [4.69, 9.17) is 21.1 Å². The average molecular weight is 412 g/mol. The molecule has 0 radical (unpaired) electrons. The Balaban J connectivity index is 1.56. The Bertz CT molecular complexity index is 993. The molecular weight excluding hydrogens is 390 g/mol. The number of halogens is 1. The molecule has 0 unspecified atom stereocenters. The zero-order valence-corrected chi connectivity index (χ0v) is 17.5. The molecule has 3 aromatic rings. The molecule has 1 N–H and O–H groups in total. The number of aromatic nitrogens is 2. The number of aryl methyl sites for hydroxylation is 4. The predicted octanol–water partition coefficient (Wildman–Crippen LogP) is 5.17. The number of hydrogen-bond donors (Lipinski definition) is 1. The highest BCUT2D eigenvalue weighted by Crippen LogP contribution is 2.26. The van der Waals surface area contributed by atoms with Crippen molar-refractivity contribution in [3.63, 3.8) is 0 Å². The number of carbonyl (C=O) groups excluding carboxylic acids is 1. The van der Waals surface area contributed by atoms with Gasteiger partial charge in [-0.3, -0.25) is 4.79 Å². The molecule has 3 rings (SSSR count). The van der Waals surface area contributed by atoms with E-state index in [0.29, 0.717) is 28.2 Å². The third-order valence-electron chi connectivity index (χ3n) is 4.09. The van der Waals surface area contributed by atoms with E-state index in [9.17, 15) is 4.79 Å². The van der Waals surface area contributed by atoms with Crippen LogP contribution in [-0.4, -0.2) is 22.5 Å². The molecule has 0 spiro atoms. The van der Waals surface area contributed by atoms with Crippen molar-refractivity contribution in [2.75, 3.05) is 11.9 Å². The van der Waals surface area contributed by atoms with Crippen LogP contribution in [-0.2, 0) is 4.79 Å². The second-order valence-electron chi connectivity index (χ2n) is 6.77. The van der Waals surface area contributed by atoms with Crippen LogP contribution in [0.3, 0.4) is 0 Å². The number of amides is 1. The maximum atomic E-state index is 12.2. The van der Waals surface area contributed by atoms with Gasteiger partial charge in [-0.2, -0.15) is 0 Å². The molecule has 150 valence electrons. The van der Waals surface area contributed by atoms with Crippen LogP contribution in [0, 0.1) is 27.7 Å². The molecule has 1 heterocycles. The smallest absolute Gasteiger partial charge is 0.322 e. The van der Waals surface area contributed by atoms with Gasteiger partial charge >= 0.3 is 6.01 Å². The molecular formula is C22H22ClN3O3. The van der Waals surface area contributed by atoms with Gasteiger partial charge in [-0.05, 0) is 81.3 Å². The summed E-state index contributed by atoms with van der Waals surface area (Å²) in [5, 5.41) is 3.49. The van der Waals surface area contributed by atoms with E-state index in [2.05, 4.69) is 15.3 Å². The fraction of sp³-hybridized carbons (Fsp3) is 0.227. The maximum Gasteiger partial charge on any atom is 0.322 e. The number of carbonyl (C=O) groups is 1. The molecule has 29 heavy (non-hydrogen) atoms. The van der Waals surface area contributed by atoms with Crippen molar-refractivity contribution in [2.45, 2.75) is 27.7 Å². The lowest BCUT2D eigenvalue weighted by Gasteiger charge is -2.11. The molecule has 0 aliphatic rings. The zero-order valence-electron chi connectivity index (χ0n) is 16.7. The lowest BCUT2D eigenvalue weighted by Crippen LogP contribution is -2.20. The van der Waals surface area contributed by atoms with Crippen LogP contribution in [0.1, 0.15) is 22.5 Å². The van der Waals surface area contributed by atoms with Crippen molar-refractivity contribution in [1.82, 2.24) is 9.97 Å². The number of nitrogens with zero attached hydrogens (tertiary/aromatic N) is 2. The molecule has 0 saturated heterocycles. The van der Waals surface area contributed by atoms with Crippen LogP contribution in [0.15, 0.2) is 42.5 Å². The third-order valence-corrected chi connectivity index (χ3v) is 4.69. The summed E-state index contributed by atoms with van der Waals surface area (Å²) in [4.78, 5) is 20.6. The minimum Gasteiger partial charge on any atom is -0.484 e. The number of rotatable bonds is 6. The number of hydrogen-bond acceptors (Lipinski definition) is 5. The summed E-state index contributed by atoms with van der Waals surface area (Å²) in [6.07, 6.45) is 0. The van der Waals surface area contributed by atoms with Crippen LogP contribution in [0.4, 0.5) is 5.69 Å². The van der Waals surface area contributed by atoms with E-state index >= 15 is 0 Å². The van der Waals surface area contributed by atoms with Gasteiger partial charge in [-0.25, -0.2) is 9.97 Å². The lowest BCUT2D eigenvalue weighted by atomic mass is 10.1.